The van der Waals surface area contributed by atoms with Crippen molar-refractivity contribution >= 4 is 11.8 Å². The van der Waals surface area contributed by atoms with Gasteiger partial charge in [-0.3, -0.25) is 0 Å². The maximum atomic E-state index is 13.2. The molecule has 0 radical (unpaired) electrons. The van der Waals surface area contributed by atoms with Crippen LogP contribution in [0.1, 0.15) is 11.8 Å². The van der Waals surface area contributed by atoms with Gasteiger partial charge in [0.1, 0.15) is 11.6 Å². The Balaban J connectivity index is 1.90. The Morgan fingerprint density at radius 1 is 1.25 bits per heavy atom. The molecule has 2 heterocycles. The summed E-state index contributed by atoms with van der Waals surface area (Å²) in [6.45, 7) is 0. The number of hydrogen-bond donors (Lipinski definition) is 1. The second-order valence-electron chi connectivity index (χ2n) is 4.65. The van der Waals surface area contributed by atoms with Gasteiger partial charge in [0, 0.05) is 29.2 Å². The van der Waals surface area contributed by atoms with E-state index >= 15 is 0 Å². The van der Waals surface area contributed by atoms with Crippen LogP contribution in [0.2, 0.25) is 0 Å². The monoisotopic (exact) mass is 297 g/mol. The zero-order valence-corrected chi connectivity index (χ0v) is 11.6. The van der Waals surface area contributed by atoms with E-state index in [1.54, 1.807) is 0 Å². The minimum Gasteiger partial charge on any atom is -0.339 e. The molecule has 0 amide bonds. The van der Waals surface area contributed by atoms with E-state index in [2.05, 4.69) is 15.5 Å². The second kappa shape index (κ2) is 5.49. The van der Waals surface area contributed by atoms with E-state index in [0.29, 0.717) is 5.89 Å². The summed E-state index contributed by atoms with van der Waals surface area (Å²) < 4.78 is 31.7. The molecular formula is C13H13F2N3OS. The highest BCUT2D eigenvalue weighted by Crippen LogP contribution is 2.32. The van der Waals surface area contributed by atoms with E-state index in [1.165, 1.54) is 12.1 Å². The lowest BCUT2D eigenvalue weighted by atomic mass is 10.0. The summed E-state index contributed by atoms with van der Waals surface area (Å²) in [5, 5.41) is 7.04. The molecule has 7 heteroatoms. The van der Waals surface area contributed by atoms with Gasteiger partial charge in [-0.15, -0.1) is 0 Å². The summed E-state index contributed by atoms with van der Waals surface area (Å²) in [4.78, 5) is 4.28. The van der Waals surface area contributed by atoms with Crippen LogP contribution >= 0.6 is 11.8 Å². The first-order valence-corrected chi connectivity index (χ1v) is 7.38. The van der Waals surface area contributed by atoms with Crippen LogP contribution < -0.4 is 5.32 Å². The van der Waals surface area contributed by atoms with Crippen LogP contribution in [0.4, 0.5) is 8.78 Å². The van der Waals surface area contributed by atoms with E-state index in [0.717, 1.165) is 17.6 Å². The largest absolute Gasteiger partial charge is 0.339 e. The first kappa shape index (κ1) is 13.5. The molecular weight excluding hydrogens is 284 g/mol. The zero-order chi connectivity index (χ0) is 14.1. The van der Waals surface area contributed by atoms with Crippen LogP contribution in [0.3, 0.4) is 0 Å². The number of thioether (sulfide) groups is 1. The zero-order valence-electron chi connectivity index (χ0n) is 10.8. The fraction of sp³-hybridized carbons (Fsp3) is 0.385. The standard InChI is InChI=1S/C13H13F2N3OS/c1-16-11-6-20-5-10(11)13-17-12(18-19-13)7-2-8(14)4-9(15)3-7/h2-4,10-11,16H,5-6H2,1H3. The fourth-order valence-electron chi connectivity index (χ4n) is 2.27. The van der Waals surface area contributed by atoms with E-state index in [4.69, 9.17) is 4.52 Å². The molecule has 106 valence electrons. The molecule has 0 bridgehead atoms. The van der Waals surface area contributed by atoms with Crippen molar-refractivity contribution in [2.45, 2.75) is 12.0 Å². The lowest BCUT2D eigenvalue weighted by Gasteiger charge is -2.13. The normalized spacial score (nSPS) is 22.4. The molecule has 2 aromatic rings. The van der Waals surface area contributed by atoms with Gasteiger partial charge in [-0.05, 0) is 19.2 Å². The number of nitrogens with zero attached hydrogens (tertiary/aromatic N) is 2. The lowest BCUT2D eigenvalue weighted by molar-refractivity contribution is 0.344. The molecule has 0 aliphatic carbocycles. The summed E-state index contributed by atoms with van der Waals surface area (Å²) in [7, 11) is 1.89. The molecule has 2 atom stereocenters. The molecule has 4 nitrogen and oxygen atoms in total. The summed E-state index contributed by atoms with van der Waals surface area (Å²) in [5.74, 6) is 1.41. The number of likely N-dealkylation sites (N-methyl/N-ethyl adjacent to an activating group) is 1. The number of hydrogen-bond acceptors (Lipinski definition) is 5. The number of rotatable bonds is 3. The summed E-state index contributed by atoms with van der Waals surface area (Å²) >= 11 is 1.81. The number of benzene rings is 1. The predicted octanol–water partition coefficient (Wildman–Crippen LogP) is 2.43. The Hall–Kier alpha value is -1.47. The predicted molar refractivity (Wildman–Crippen MR) is 72.6 cm³/mol. The van der Waals surface area contributed by atoms with Crippen LogP contribution in [-0.2, 0) is 0 Å². The Kier molecular flexibility index (Phi) is 3.71. The van der Waals surface area contributed by atoms with Crippen molar-refractivity contribution in [2.24, 2.45) is 0 Å². The summed E-state index contributed by atoms with van der Waals surface area (Å²) in [6.07, 6.45) is 0. The fourth-order valence-corrected chi connectivity index (χ4v) is 3.69. The van der Waals surface area contributed by atoms with Gasteiger partial charge in [-0.2, -0.15) is 16.7 Å². The van der Waals surface area contributed by atoms with Gasteiger partial charge in [0.05, 0.1) is 5.92 Å². The second-order valence-corrected chi connectivity index (χ2v) is 5.73. The molecule has 0 saturated carbocycles. The Morgan fingerprint density at radius 2 is 2.00 bits per heavy atom. The molecule has 2 unspecified atom stereocenters. The quantitative estimate of drug-likeness (QED) is 0.943. The van der Waals surface area contributed by atoms with Crippen molar-refractivity contribution < 1.29 is 13.3 Å². The van der Waals surface area contributed by atoms with Crippen molar-refractivity contribution in [3.63, 3.8) is 0 Å². The molecule has 1 fully saturated rings. The van der Waals surface area contributed by atoms with E-state index in [-0.39, 0.29) is 23.3 Å². The first-order valence-electron chi connectivity index (χ1n) is 6.22. The molecule has 1 aromatic carbocycles. The van der Waals surface area contributed by atoms with Crippen LogP contribution in [0.15, 0.2) is 22.7 Å². The van der Waals surface area contributed by atoms with E-state index in [1.807, 2.05) is 18.8 Å². The molecule has 1 N–H and O–H groups in total. The maximum Gasteiger partial charge on any atom is 0.232 e. The molecule has 3 rings (SSSR count). The smallest absolute Gasteiger partial charge is 0.232 e. The van der Waals surface area contributed by atoms with Gasteiger partial charge in [-0.25, -0.2) is 8.78 Å². The first-order chi connectivity index (χ1) is 9.67. The third kappa shape index (κ3) is 2.55. The van der Waals surface area contributed by atoms with Crippen LogP contribution in [-0.4, -0.2) is 34.7 Å². The molecule has 1 aliphatic rings. The van der Waals surface area contributed by atoms with E-state index < -0.39 is 11.6 Å². The van der Waals surface area contributed by atoms with Crippen molar-refractivity contribution in [1.82, 2.24) is 15.5 Å². The SMILES string of the molecule is CNC1CSCC1c1nc(-c2cc(F)cc(F)c2)no1. The molecule has 1 saturated heterocycles. The topological polar surface area (TPSA) is 51.0 Å². The van der Waals surface area contributed by atoms with Crippen LogP contribution in [0.25, 0.3) is 11.4 Å². The maximum absolute atomic E-state index is 13.2. The van der Waals surface area contributed by atoms with Gasteiger partial charge in [0.15, 0.2) is 0 Å². The van der Waals surface area contributed by atoms with Gasteiger partial charge in [0.25, 0.3) is 0 Å². The Bertz CT molecular complexity index is 599. The average Bonchev–Trinajstić information content (AvgIpc) is 3.06. The van der Waals surface area contributed by atoms with Crippen molar-refractivity contribution in [2.75, 3.05) is 18.6 Å². The van der Waals surface area contributed by atoms with Crippen molar-refractivity contribution in [1.29, 1.82) is 0 Å². The van der Waals surface area contributed by atoms with Gasteiger partial charge in [0.2, 0.25) is 11.7 Å². The Labute approximate surface area is 118 Å². The van der Waals surface area contributed by atoms with Gasteiger partial charge in [-0.1, -0.05) is 5.16 Å². The van der Waals surface area contributed by atoms with Gasteiger partial charge >= 0.3 is 0 Å². The number of halogens is 2. The molecule has 20 heavy (non-hydrogen) atoms. The number of nitrogens with one attached hydrogen (secondary N) is 1. The highest BCUT2D eigenvalue weighted by Gasteiger charge is 2.32. The third-order valence-corrected chi connectivity index (χ3v) is 4.52. The minimum atomic E-state index is -0.657. The Morgan fingerprint density at radius 3 is 2.70 bits per heavy atom. The summed E-state index contributed by atoms with van der Waals surface area (Å²) in [6, 6.07) is 3.47. The molecule has 0 spiro atoms. The molecule has 1 aliphatic heterocycles. The minimum absolute atomic E-state index is 0.129. The van der Waals surface area contributed by atoms with Crippen molar-refractivity contribution in [3.8, 4) is 11.4 Å². The van der Waals surface area contributed by atoms with E-state index in [9.17, 15) is 8.78 Å². The highest BCUT2D eigenvalue weighted by atomic mass is 32.2. The molecule has 1 aromatic heterocycles. The highest BCUT2D eigenvalue weighted by molar-refractivity contribution is 7.99. The third-order valence-electron chi connectivity index (χ3n) is 3.33. The number of aromatic nitrogens is 2. The van der Waals surface area contributed by atoms with Crippen LogP contribution in [0.5, 0.6) is 0 Å². The summed E-state index contributed by atoms with van der Waals surface area (Å²) in [5.41, 5.74) is 0.282. The lowest BCUT2D eigenvalue weighted by Crippen LogP contribution is -2.31. The van der Waals surface area contributed by atoms with Crippen LogP contribution in [0, 0.1) is 11.6 Å². The van der Waals surface area contributed by atoms with Gasteiger partial charge < -0.3 is 9.84 Å². The van der Waals surface area contributed by atoms with Crippen molar-refractivity contribution in [3.05, 3.63) is 35.7 Å². The average molecular weight is 297 g/mol.